The zero-order valence-electron chi connectivity index (χ0n) is 8.23. The van der Waals surface area contributed by atoms with Crippen LogP contribution in [0.25, 0.3) is 16.5 Å². The molecule has 1 aromatic carbocycles. The Labute approximate surface area is 91.0 Å². The summed E-state index contributed by atoms with van der Waals surface area (Å²) in [6, 6.07) is 7.61. The van der Waals surface area contributed by atoms with Crippen molar-refractivity contribution in [1.82, 2.24) is 10.3 Å². The van der Waals surface area contributed by atoms with Crippen molar-refractivity contribution in [3.05, 3.63) is 42.1 Å². The maximum absolute atomic E-state index is 11.5. The van der Waals surface area contributed by atoms with Crippen LogP contribution in [-0.2, 0) is 9.59 Å². The van der Waals surface area contributed by atoms with Crippen LogP contribution in [0.3, 0.4) is 0 Å². The van der Waals surface area contributed by atoms with Gasteiger partial charge < -0.3 is 4.98 Å². The van der Waals surface area contributed by atoms with Gasteiger partial charge in [0.05, 0.1) is 5.57 Å². The number of carbonyl (C=O) groups is 2. The van der Waals surface area contributed by atoms with E-state index in [0.29, 0.717) is 5.57 Å². The molecule has 16 heavy (non-hydrogen) atoms. The molecule has 0 aliphatic carbocycles. The molecule has 4 heteroatoms. The van der Waals surface area contributed by atoms with Crippen molar-refractivity contribution in [2.24, 2.45) is 0 Å². The van der Waals surface area contributed by atoms with Gasteiger partial charge in [-0.2, -0.15) is 5.32 Å². The van der Waals surface area contributed by atoms with E-state index < -0.39 is 11.8 Å². The van der Waals surface area contributed by atoms with Crippen molar-refractivity contribution in [2.45, 2.75) is 0 Å². The second kappa shape index (κ2) is 3.06. The van der Waals surface area contributed by atoms with Gasteiger partial charge in [-0.05, 0) is 6.07 Å². The van der Waals surface area contributed by atoms with E-state index in [0.717, 1.165) is 16.5 Å². The average Bonchev–Trinajstić information content (AvgIpc) is 2.81. The van der Waals surface area contributed by atoms with Crippen LogP contribution in [0, 0.1) is 0 Å². The van der Waals surface area contributed by atoms with Crippen LogP contribution in [0.2, 0.25) is 0 Å². The molecule has 1 aliphatic rings. The van der Waals surface area contributed by atoms with Gasteiger partial charge in [-0.1, -0.05) is 18.2 Å². The molecule has 1 aliphatic heterocycles. The van der Waals surface area contributed by atoms with E-state index in [-0.39, 0.29) is 0 Å². The minimum Gasteiger partial charge on any atom is -0.361 e. The third-order valence-electron chi connectivity index (χ3n) is 2.59. The number of rotatable bonds is 1. The molecular weight excluding hydrogens is 204 g/mol. The number of hydrogen-bond acceptors (Lipinski definition) is 2. The van der Waals surface area contributed by atoms with E-state index in [1.807, 2.05) is 24.3 Å². The lowest BCUT2D eigenvalue weighted by Crippen LogP contribution is -2.13. The van der Waals surface area contributed by atoms with Crippen molar-refractivity contribution in [1.29, 1.82) is 0 Å². The second-order valence-corrected chi connectivity index (χ2v) is 3.56. The highest BCUT2D eigenvalue weighted by Crippen LogP contribution is 2.26. The molecule has 0 spiro atoms. The number of amides is 2. The first kappa shape index (κ1) is 8.91. The van der Waals surface area contributed by atoms with E-state index in [2.05, 4.69) is 10.3 Å². The fourth-order valence-electron chi connectivity index (χ4n) is 1.87. The maximum atomic E-state index is 11.5. The molecule has 3 rings (SSSR count). The zero-order valence-corrected chi connectivity index (χ0v) is 8.23. The Morgan fingerprint density at radius 3 is 2.69 bits per heavy atom. The SMILES string of the molecule is O=C1C=C(c2c[nH]c3ccccc23)C(=O)[N]1. The Morgan fingerprint density at radius 2 is 1.94 bits per heavy atom. The predicted octanol–water partition coefficient (Wildman–Crippen LogP) is 1.22. The predicted molar refractivity (Wildman–Crippen MR) is 58.4 cm³/mol. The van der Waals surface area contributed by atoms with Crippen molar-refractivity contribution >= 4 is 28.3 Å². The summed E-state index contributed by atoms with van der Waals surface area (Å²) in [5, 5.41) is 4.27. The van der Waals surface area contributed by atoms with Gasteiger partial charge in [0.2, 0.25) is 0 Å². The fourth-order valence-corrected chi connectivity index (χ4v) is 1.87. The molecule has 1 aromatic heterocycles. The molecule has 77 valence electrons. The molecule has 4 nitrogen and oxygen atoms in total. The molecule has 0 saturated carbocycles. The summed E-state index contributed by atoms with van der Waals surface area (Å²) in [4.78, 5) is 25.5. The number of fused-ring (bicyclic) bond motifs is 1. The summed E-state index contributed by atoms with van der Waals surface area (Å²) in [5.41, 5.74) is 2.03. The van der Waals surface area contributed by atoms with Crippen LogP contribution >= 0.6 is 0 Å². The minimum absolute atomic E-state index is 0.363. The summed E-state index contributed by atoms with van der Waals surface area (Å²) in [5.74, 6) is -0.944. The number of nitrogens with zero attached hydrogens (tertiary/aromatic N) is 1. The average molecular weight is 211 g/mol. The molecule has 2 heterocycles. The van der Waals surface area contributed by atoms with Gasteiger partial charge in [0, 0.05) is 28.7 Å². The van der Waals surface area contributed by atoms with Gasteiger partial charge in [0.1, 0.15) is 0 Å². The second-order valence-electron chi connectivity index (χ2n) is 3.56. The van der Waals surface area contributed by atoms with E-state index in [4.69, 9.17) is 0 Å². The first-order chi connectivity index (χ1) is 7.75. The summed E-state index contributed by atoms with van der Waals surface area (Å²) in [6.45, 7) is 0. The van der Waals surface area contributed by atoms with Crippen molar-refractivity contribution < 1.29 is 9.59 Å². The van der Waals surface area contributed by atoms with Gasteiger partial charge in [-0.25, -0.2) is 0 Å². The molecule has 0 bridgehead atoms. The van der Waals surface area contributed by atoms with E-state index >= 15 is 0 Å². The van der Waals surface area contributed by atoms with Gasteiger partial charge >= 0.3 is 0 Å². The lowest BCUT2D eigenvalue weighted by atomic mass is 10.1. The van der Waals surface area contributed by atoms with Gasteiger partial charge in [0.15, 0.2) is 0 Å². The Kier molecular flexibility index (Phi) is 1.71. The third-order valence-corrected chi connectivity index (χ3v) is 2.59. The van der Waals surface area contributed by atoms with Gasteiger partial charge in [-0.15, -0.1) is 0 Å². The standard InChI is InChI=1S/C12H7N2O2/c15-11-5-8(12(16)14-11)9-6-13-10-4-2-1-3-7(9)10/h1-6,13H. The van der Waals surface area contributed by atoms with E-state index in [1.54, 1.807) is 6.20 Å². The fraction of sp³-hybridized carbons (Fsp3) is 0. The number of imide groups is 1. The molecule has 0 saturated heterocycles. The first-order valence-electron chi connectivity index (χ1n) is 4.84. The smallest absolute Gasteiger partial charge is 0.281 e. The molecule has 0 atom stereocenters. The molecule has 2 amide bonds. The number of H-pyrrole nitrogens is 1. The van der Waals surface area contributed by atoms with Crippen LogP contribution in [-0.4, -0.2) is 16.8 Å². The molecule has 1 N–H and O–H groups in total. The number of aromatic nitrogens is 1. The molecule has 0 fully saturated rings. The summed E-state index contributed by atoms with van der Waals surface area (Å²) >= 11 is 0. The van der Waals surface area contributed by atoms with Crippen LogP contribution in [0.4, 0.5) is 0 Å². The number of hydrogen-bond donors (Lipinski definition) is 1. The number of carbonyl (C=O) groups excluding carboxylic acids is 2. The molecule has 1 radical (unpaired) electrons. The van der Waals surface area contributed by atoms with E-state index in [9.17, 15) is 9.59 Å². The summed E-state index contributed by atoms with van der Waals surface area (Å²) in [6.07, 6.45) is 3.00. The maximum Gasteiger partial charge on any atom is 0.281 e. The van der Waals surface area contributed by atoms with Gasteiger partial charge in [-0.3, -0.25) is 9.59 Å². The van der Waals surface area contributed by atoms with Crippen LogP contribution in [0.1, 0.15) is 5.56 Å². The highest BCUT2D eigenvalue weighted by Gasteiger charge is 2.25. The monoisotopic (exact) mass is 211 g/mol. The highest BCUT2D eigenvalue weighted by molar-refractivity contribution is 6.34. The summed E-state index contributed by atoms with van der Waals surface area (Å²) < 4.78 is 0. The lowest BCUT2D eigenvalue weighted by molar-refractivity contribution is -0.123. The first-order valence-corrected chi connectivity index (χ1v) is 4.84. The number of nitrogens with one attached hydrogen (secondary N) is 1. The Morgan fingerprint density at radius 1 is 1.12 bits per heavy atom. The Balaban J connectivity index is 2.24. The lowest BCUT2D eigenvalue weighted by Gasteiger charge is -1.96. The number of aromatic amines is 1. The molecular formula is C12H7N2O2. The quantitative estimate of drug-likeness (QED) is 0.721. The largest absolute Gasteiger partial charge is 0.361 e. The topological polar surface area (TPSA) is 64.0 Å². The van der Waals surface area contributed by atoms with E-state index in [1.165, 1.54) is 6.08 Å². The normalized spacial score (nSPS) is 15.4. The Hall–Kier alpha value is -2.36. The zero-order chi connectivity index (χ0) is 11.1. The van der Waals surface area contributed by atoms with Crippen molar-refractivity contribution in [3.8, 4) is 0 Å². The number of benzene rings is 1. The highest BCUT2D eigenvalue weighted by atomic mass is 16.2. The van der Waals surface area contributed by atoms with Crippen molar-refractivity contribution in [2.75, 3.05) is 0 Å². The Bertz CT molecular complexity index is 637. The molecule has 0 unspecified atom stereocenters. The molecule has 2 aromatic rings. The summed E-state index contributed by atoms with van der Waals surface area (Å²) in [7, 11) is 0. The van der Waals surface area contributed by atoms with Crippen LogP contribution in [0.15, 0.2) is 36.5 Å². The van der Waals surface area contributed by atoms with Crippen LogP contribution in [0.5, 0.6) is 0 Å². The van der Waals surface area contributed by atoms with Crippen molar-refractivity contribution in [3.63, 3.8) is 0 Å². The van der Waals surface area contributed by atoms with Crippen LogP contribution < -0.4 is 5.32 Å². The number of para-hydroxylation sites is 1. The third kappa shape index (κ3) is 1.16. The van der Waals surface area contributed by atoms with Gasteiger partial charge in [0.25, 0.3) is 11.8 Å². The minimum atomic E-state index is -0.481.